The van der Waals surface area contributed by atoms with Gasteiger partial charge in [-0.25, -0.2) is 4.39 Å². The summed E-state index contributed by atoms with van der Waals surface area (Å²) in [5.74, 6) is -0.161. The lowest BCUT2D eigenvalue weighted by Crippen LogP contribution is -2.52. The minimum Gasteiger partial charge on any atom is -0.392 e. The van der Waals surface area contributed by atoms with E-state index in [9.17, 15) is 4.39 Å². The quantitative estimate of drug-likeness (QED) is 0.860. The summed E-state index contributed by atoms with van der Waals surface area (Å²) in [6.07, 6.45) is 0. The van der Waals surface area contributed by atoms with Gasteiger partial charge in [-0.1, -0.05) is 18.3 Å². The summed E-state index contributed by atoms with van der Waals surface area (Å²) in [5.41, 5.74) is 7.91. The summed E-state index contributed by atoms with van der Waals surface area (Å²) in [7, 11) is 0. The van der Waals surface area contributed by atoms with E-state index in [2.05, 4.69) is 16.7 Å². The van der Waals surface area contributed by atoms with E-state index in [1.54, 1.807) is 6.07 Å². The number of rotatable bonds is 4. The van der Waals surface area contributed by atoms with Crippen molar-refractivity contribution in [2.75, 3.05) is 26.2 Å². The van der Waals surface area contributed by atoms with Crippen LogP contribution in [-0.2, 0) is 6.54 Å². The van der Waals surface area contributed by atoms with Crippen molar-refractivity contribution in [1.29, 1.82) is 0 Å². The standard InChI is InChI=1S/C15H22FN3S/c1-11-3-4-14(16)9-13(11)10-18-5-7-19(8-6-18)12(2)15(17)20/h3-4,9,12H,5-8,10H2,1-2H3,(H2,17,20). The van der Waals surface area contributed by atoms with Crippen molar-refractivity contribution in [3.63, 3.8) is 0 Å². The second kappa shape index (κ2) is 6.61. The van der Waals surface area contributed by atoms with Gasteiger partial charge in [0.15, 0.2) is 0 Å². The van der Waals surface area contributed by atoms with Crippen LogP contribution in [0.2, 0.25) is 0 Å². The molecule has 1 saturated heterocycles. The Bertz CT molecular complexity index is 484. The van der Waals surface area contributed by atoms with Crippen molar-refractivity contribution in [3.05, 3.63) is 35.1 Å². The number of hydrogen-bond donors (Lipinski definition) is 1. The Morgan fingerprint density at radius 3 is 2.60 bits per heavy atom. The Labute approximate surface area is 125 Å². The molecule has 0 amide bonds. The molecule has 0 bridgehead atoms. The second-order valence-corrected chi connectivity index (χ2v) is 5.93. The topological polar surface area (TPSA) is 32.5 Å². The third-order valence-corrected chi connectivity index (χ3v) is 4.41. The van der Waals surface area contributed by atoms with Crippen LogP contribution in [-0.4, -0.2) is 47.0 Å². The first-order valence-electron chi connectivity index (χ1n) is 6.98. The van der Waals surface area contributed by atoms with Crippen molar-refractivity contribution in [2.24, 2.45) is 5.73 Å². The molecule has 1 aromatic rings. The molecule has 1 fully saturated rings. The molecule has 0 radical (unpaired) electrons. The van der Waals surface area contributed by atoms with E-state index in [1.807, 2.05) is 13.0 Å². The third-order valence-electron chi connectivity index (χ3n) is 4.07. The van der Waals surface area contributed by atoms with Crippen LogP contribution in [0.4, 0.5) is 4.39 Å². The second-order valence-electron chi connectivity index (χ2n) is 5.46. The first kappa shape index (κ1) is 15.4. The fraction of sp³-hybridized carbons (Fsp3) is 0.533. The van der Waals surface area contributed by atoms with Crippen LogP contribution in [0.3, 0.4) is 0 Å². The predicted octanol–water partition coefficient (Wildman–Crippen LogP) is 1.93. The number of thiocarbonyl (C=S) groups is 1. The van der Waals surface area contributed by atoms with Crippen LogP contribution in [0.5, 0.6) is 0 Å². The van der Waals surface area contributed by atoms with Gasteiger partial charge in [-0.3, -0.25) is 9.80 Å². The van der Waals surface area contributed by atoms with Crippen LogP contribution in [0.15, 0.2) is 18.2 Å². The van der Waals surface area contributed by atoms with Gasteiger partial charge in [-0.15, -0.1) is 0 Å². The van der Waals surface area contributed by atoms with Crippen molar-refractivity contribution < 1.29 is 4.39 Å². The highest BCUT2D eigenvalue weighted by atomic mass is 32.1. The number of nitrogens with zero attached hydrogens (tertiary/aromatic N) is 2. The van der Waals surface area contributed by atoms with Crippen LogP contribution in [0.1, 0.15) is 18.1 Å². The molecule has 3 nitrogen and oxygen atoms in total. The Morgan fingerprint density at radius 1 is 1.35 bits per heavy atom. The fourth-order valence-electron chi connectivity index (χ4n) is 2.54. The molecule has 1 heterocycles. The summed E-state index contributed by atoms with van der Waals surface area (Å²) < 4.78 is 13.3. The number of nitrogens with two attached hydrogens (primary N) is 1. The molecule has 2 rings (SSSR count). The van der Waals surface area contributed by atoms with Gasteiger partial charge in [0.25, 0.3) is 0 Å². The summed E-state index contributed by atoms with van der Waals surface area (Å²) in [4.78, 5) is 5.21. The maximum absolute atomic E-state index is 13.3. The maximum atomic E-state index is 13.3. The average molecular weight is 295 g/mol. The number of hydrogen-bond acceptors (Lipinski definition) is 3. The summed E-state index contributed by atoms with van der Waals surface area (Å²) in [6.45, 7) is 8.71. The monoisotopic (exact) mass is 295 g/mol. The lowest BCUT2D eigenvalue weighted by atomic mass is 10.1. The molecule has 1 unspecified atom stereocenters. The fourth-order valence-corrected chi connectivity index (χ4v) is 2.69. The molecule has 1 aromatic carbocycles. The highest BCUT2D eigenvalue weighted by molar-refractivity contribution is 7.80. The highest BCUT2D eigenvalue weighted by Crippen LogP contribution is 2.15. The largest absolute Gasteiger partial charge is 0.392 e. The zero-order chi connectivity index (χ0) is 14.7. The van der Waals surface area contributed by atoms with E-state index in [4.69, 9.17) is 18.0 Å². The normalized spacial score (nSPS) is 18.9. The van der Waals surface area contributed by atoms with E-state index < -0.39 is 0 Å². The predicted molar refractivity (Wildman–Crippen MR) is 84.2 cm³/mol. The third kappa shape index (κ3) is 3.75. The number of benzene rings is 1. The maximum Gasteiger partial charge on any atom is 0.123 e. The molecule has 2 N–H and O–H groups in total. The van der Waals surface area contributed by atoms with Gasteiger partial charge in [0.05, 0.1) is 11.0 Å². The molecule has 1 aliphatic heterocycles. The minimum atomic E-state index is -0.161. The summed E-state index contributed by atoms with van der Waals surface area (Å²) in [6, 6.07) is 5.15. The molecule has 0 spiro atoms. The molecule has 1 atom stereocenters. The first-order chi connectivity index (χ1) is 9.47. The minimum absolute atomic E-state index is 0.156. The van der Waals surface area contributed by atoms with Gasteiger partial charge in [0, 0.05) is 32.7 Å². The average Bonchev–Trinajstić information content (AvgIpc) is 2.43. The van der Waals surface area contributed by atoms with E-state index in [1.165, 1.54) is 6.07 Å². The Morgan fingerprint density at radius 2 is 2.00 bits per heavy atom. The van der Waals surface area contributed by atoms with Crippen LogP contribution < -0.4 is 5.73 Å². The number of halogens is 1. The van der Waals surface area contributed by atoms with E-state index >= 15 is 0 Å². The van der Waals surface area contributed by atoms with E-state index in [-0.39, 0.29) is 11.9 Å². The molecule has 1 aliphatic rings. The van der Waals surface area contributed by atoms with Gasteiger partial charge in [0.2, 0.25) is 0 Å². The number of piperazine rings is 1. The number of aryl methyl sites for hydroxylation is 1. The van der Waals surface area contributed by atoms with Crippen molar-refractivity contribution >= 4 is 17.2 Å². The SMILES string of the molecule is Cc1ccc(F)cc1CN1CCN(C(C)C(N)=S)CC1. The van der Waals surface area contributed by atoms with E-state index in [0.717, 1.165) is 43.9 Å². The Balaban J connectivity index is 1.91. The van der Waals surface area contributed by atoms with Crippen LogP contribution in [0.25, 0.3) is 0 Å². The van der Waals surface area contributed by atoms with Crippen LogP contribution in [0, 0.1) is 12.7 Å². The summed E-state index contributed by atoms with van der Waals surface area (Å²) in [5, 5.41) is 0. The van der Waals surface area contributed by atoms with Crippen molar-refractivity contribution in [1.82, 2.24) is 9.80 Å². The Hall–Kier alpha value is -1.04. The molecular weight excluding hydrogens is 273 g/mol. The zero-order valence-electron chi connectivity index (χ0n) is 12.1. The van der Waals surface area contributed by atoms with Gasteiger partial charge in [-0.2, -0.15) is 0 Å². The lowest BCUT2D eigenvalue weighted by Gasteiger charge is -2.37. The van der Waals surface area contributed by atoms with Crippen LogP contribution >= 0.6 is 12.2 Å². The molecular formula is C15H22FN3S. The van der Waals surface area contributed by atoms with Crippen molar-refractivity contribution in [2.45, 2.75) is 26.4 Å². The van der Waals surface area contributed by atoms with Gasteiger partial charge in [0.1, 0.15) is 5.82 Å². The van der Waals surface area contributed by atoms with E-state index in [0.29, 0.717) is 4.99 Å². The highest BCUT2D eigenvalue weighted by Gasteiger charge is 2.22. The Kier molecular flexibility index (Phi) is 5.07. The smallest absolute Gasteiger partial charge is 0.123 e. The molecule has 0 aliphatic carbocycles. The van der Waals surface area contributed by atoms with Gasteiger partial charge < -0.3 is 5.73 Å². The lowest BCUT2D eigenvalue weighted by molar-refractivity contribution is 0.117. The van der Waals surface area contributed by atoms with Gasteiger partial charge in [-0.05, 0) is 37.1 Å². The van der Waals surface area contributed by atoms with Gasteiger partial charge >= 0.3 is 0 Å². The summed E-state index contributed by atoms with van der Waals surface area (Å²) >= 11 is 5.05. The zero-order valence-corrected chi connectivity index (χ0v) is 12.9. The molecule has 0 saturated carbocycles. The molecule has 0 aromatic heterocycles. The van der Waals surface area contributed by atoms with Crippen molar-refractivity contribution in [3.8, 4) is 0 Å². The molecule has 20 heavy (non-hydrogen) atoms. The first-order valence-corrected chi connectivity index (χ1v) is 7.39. The molecule has 5 heteroatoms. The molecule has 110 valence electrons.